The molecule has 0 amide bonds. The normalized spacial score (nSPS) is 10.5. The average molecular weight is 1030 g/mol. The molecule has 0 fully saturated rings. The Labute approximate surface area is 450 Å². The van der Waals surface area contributed by atoms with Gasteiger partial charge in [-0.2, -0.15) is 0 Å². The van der Waals surface area contributed by atoms with Crippen molar-refractivity contribution < 1.29 is 49.0 Å². The Morgan fingerprint density at radius 2 is 0.538 bits per heavy atom. The Bertz CT molecular complexity index is 3820. The molecule has 0 unspecified atom stereocenters. The summed E-state index contributed by atoms with van der Waals surface area (Å²) in [6, 6.07) is 81.4. The first-order chi connectivity index (χ1) is 38.2. The van der Waals surface area contributed by atoms with Gasteiger partial charge in [0.15, 0.2) is 0 Å². The van der Waals surface area contributed by atoms with E-state index >= 15 is 0 Å². The molecule has 10 heteroatoms. The van der Waals surface area contributed by atoms with Crippen LogP contribution in [-0.2, 0) is 12.8 Å². The van der Waals surface area contributed by atoms with E-state index in [0.717, 1.165) is 65.3 Å². The fourth-order valence-electron chi connectivity index (χ4n) is 8.79. The Morgan fingerprint density at radius 3 is 0.872 bits per heavy atom. The van der Waals surface area contributed by atoms with Crippen LogP contribution >= 0.6 is 0 Å². The fourth-order valence-corrected chi connectivity index (χ4v) is 8.79. The molecular formula is C68H52O10. The van der Waals surface area contributed by atoms with E-state index in [2.05, 4.69) is 0 Å². The zero-order valence-corrected chi connectivity index (χ0v) is 42.1. The second-order valence-electron chi connectivity index (χ2n) is 17.7. The highest BCUT2D eigenvalue weighted by Gasteiger charge is 2.18. The third-order valence-electron chi connectivity index (χ3n) is 12.5. The predicted octanol–water partition coefficient (Wildman–Crippen LogP) is 16.5. The molecule has 0 spiro atoms. The minimum Gasteiger partial charge on any atom is -0.508 e. The van der Waals surface area contributed by atoms with E-state index in [-0.39, 0.29) is 17.2 Å². The van der Waals surface area contributed by atoms with Crippen LogP contribution in [0, 0.1) is 0 Å². The van der Waals surface area contributed by atoms with Gasteiger partial charge in [0.1, 0.15) is 46.0 Å². The van der Waals surface area contributed by atoms with Crippen molar-refractivity contribution in [2.75, 3.05) is 0 Å². The molecule has 0 radical (unpaired) electrons. The van der Waals surface area contributed by atoms with Crippen LogP contribution in [0.25, 0.3) is 43.1 Å². The number of phenols is 4. The van der Waals surface area contributed by atoms with Gasteiger partial charge in [0, 0.05) is 35.1 Å². The third kappa shape index (κ3) is 13.6. The number of aromatic hydroxyl groups is 4. The Morgan fingerprint density at radius 1 is 0.269 bits per heavy atom. The van der Waals surface area contributed by atoms with Gasteiger partial charge in [0.2, 0.25) is 0 Å². The topological polar surface area (TPSA) is 152 Å². The van der Waals surface area contributed by atoms with E-state index < -0.39 is 12.3 Å². The Kier molecular flexibility index (Phi) is 17.1. The number of para-hydroxylation sites is 4. The molecule has 0 aliphatic rings. The average Bonchev–Trinajstić information content (AvgIpc) is 3.57. The standard InChI is InChI=1S/C28H20O4.C21H16O2.C13H10O3.C6H6O/c29-26-16-14-19-8-4-6-12-22(19)24(26)18-25-23-13-7-5-9-20(23)15-17-27(25)32-28(30)31-21-10-2-1-3-11-21;22-20-11-9-14-5-1-3-7-16(14)18(20)13-19-17-8-4-2-6-15(17)10-12-21(19)23;14-13(15-11-7-3-1-4-8-11)16-12-9-5-2-6-10-12;7-6-4-2-1-3-5-6/h1-17,29H,18H2;1-12,22-23H,13H2;1-10H;1-5,7H. The molecule has 0 heterocycles. The molecule has 0 atom stereocenters. The number of benzene rings is 12. The van der Waals surface area contributed by atoms with Gasteiger partial charge in [0.05, 0.1) is 0 Å². The first-order valence-corrected chi connectivity index (χ1v) is 24.9. The van der Waals surface area contributed by atoms with Crippen molar-refractivity contribution in [2.24, 2.45) is 0 Å². The summed E-state index contributed by atoms with van der Waals surface area (Å²) >= 11 is 0. The summed E-state index contributed by atoms with van der Waals surface area (Å²) in [7, 11) is 0. The van der Waals surface area contributed by atoms with Gasteiger partial charge in [-0.15, -0.1) is 0 Å². The van der Waals surface area contributed by atoms with Crippen molar-refractivity contribution in [1.82, 2.24) is 0 Å². The Hall–Kier alpha value is -10.6. The van der Waals surface area contributed by atoms with Gasteiger partial charge in [-0.25, -0.2) is 9.59 Å². The van der Waals surface area contributed by atoms with E-state index in [1.54, 1.807) is 121 Å². The van der Waals surface area contributed by atoms with Gasteiger partial charge in [0.25, 0.3) is 0 Å². The molecule has 12 rings (SSSR count). The summed E-state index contributed by atoms with van der Waals surface area (Å²) < 4.78 is 20.9. The van der Waals surface area contributed by atoms with E-state index in [1.165, 1.54) is 0 Å². The third-order valence-corrected chi connectivity index (χ3v) is 12.5. The van der Waals surface area contributed by atoms with E-state index in [9.17, 15) is 24.9 Å². The first kappa shape index (κ1) is 52.3. The molecule has 0 aliphatic carbocycles. The lowest BCUT2D eigenvalue weighted by molar-refractivity contribution is 0.150. The summed E-state index contributed by atoms with van der Waals surface area (Å²) in [5.74, 6) is 2.78. The maximum absolute atomic E-state index is 12.5. The highest BCUT2D eigenvalue weighted by Crippen LogP contribution is 2.37. The van der Waals surface area contributed by atoms with Crippen LogP contribution in [0.5, 0.6) is 46.0 Å². The number of phenolic OH excluding ortho intramolecular Hbond substituents is 4. The van der Waals surface area contributed by atoms with Crippen LogP contribution in [0.2, 0.25) is 0 Å². The fraction of sp³-hybridized carbons (Fsp3) is 0.0294. The van der Waals surface area contributed by atoms with Gasteiger partial charge in [-0.3, -0.25) is 0 Å². The predicted molar refractivity (Wildman–Crippen MR) is 307 cm³/mol. The SMILES string of the molecule is O=C(Oc1ccccc1)Oc1ccc2ccccc2c1Cc1c(O)ccc2ccccc12.O=C(Oc1ccccc1)Oc1ccccc1.Oc1ccc2ccccc2c1Cc1c(O)ccc2ccccc12.Oc1ccccc1. The molecule has 0 saturated carbocycles. The lowest BCUT2D eigenvalue weighted by atomic mass is 9.93. The quantitative estimate of drug-likeness (QED) is 0.0855. The summed E-state index contributed by atoms with van der Waals surface area (Å²) in [5, 5.41) is 48.2. The van der Waals surface area contributed by atoms with Gasteiger partial charge in [-0.1, -0.05) is 194 Å². The van der Waals surface area contributed by atoms with E-state index in [0.29, 0.717) is 41.6 Å². The van der Waals surface area contributed by atoms with Crippen LogP contribution in [0.4, 0.5) is 9.59 Å². The zero-order chi connectivity index (χ0) is 54.1. The van der Waals surface area contributed by atoms with Crippen LogP contribution < -0.4 is 18.9 Å². The number of hydrogen-bond acceptors (Lipinski definition) is 10. The highest BCUT2D eigenvalue weighted by molar-refractivity contribution is 5.93. The largest absolute Gasteiger partial charge is 0.519 e. The molecule has 384 valence electrons. The summed E-state index contributed by atoms with van der Waals surface area (Å²) in [5.41, 5.74) is 3.27. The monoisotopic (exact) mass is 1030 g/mol. The second-order valence-corrected chi connectivity index (χ2v) is 17.7. The first-order valence-electron chi connectivity index (χ1n) is 24.9. The van der Waals surface area contributed by atoms with Gasteiger partial charge in [-0.05, 0) is 116 Å². The van der Waals surface area contributed by atoms with Crippen molar-refractivity contribution in [1.29, 1.82) is 0 Å². The minimum atomic E-state index is -0.810. The van der Waals surface area contributed by atoms with Crippen LogP contribution in [0.3, 0.4) is 0 Å². The molecule has 78 heavy (non-hydrogen) atoms. The molecule has 12 aromatic rings. The molecule has 0 aliphatic heterocycles. The van der Waals surface area contributed by atoms with Crippen LogP contribution in [-0.4, -0.2) is 32.7 Å². The van der Waals surface area contributed by atoms with Gasteiger partial charge >= 0.3 is 12.3 Å². The molecule has 10 nitrogen and oxygen atoms in total. The molecule has 0 aromatic heterocycles. The van der Waals surface area contributed by atoms with Crippen molar-refractivity contribution in [2.45, 2.75) is 12.8 Å². The number of hydrogen-bond donors (Lipinski definition) is 4. The summed E-state index contributed by atoms with van der Waals surface area (Å²) in [6.07, 6.45) is -0.671. The maximum atomic E-state index is 12.5. The zero-order valence-electron chi connectivity index (χ0n) is 42.1. The van der Waals surface area contributed by atoms with E-state index in [1.807, 2.05) is 146 Å². The highest BCUT2D eigenvalue weighted by atomic mass is 16.7. The van der Waals surface area contributed by atoms with Crippen molar-refractivity contribution in [3.8, 4) is 46.0 Å². The number of carbonyl (C=O) groups is 2. The molecular weight excluding hydrogens is 977 g/mol. The second kappa shape index (κ2) is 25.6. The van der Waals surface area contributed by atoms with Crippen molar-refractivity contribution in [3.05, 3.63) is 289 Å². The van der Waals surface area contributed by atoms with Crippen LogP contribution in [0.1, 0.15) is 22.3 Å². The smallest absolute Gasteiger partial charge is 0.508 e. The van der Waals surface area contributed by atoms with E-state index in [4.69, 9.17) is 24.1 Å². The lowest BCUT2D eigenvalue weighted by Crippen LogP contribution is -2.15. The van der Waals surface area contributed by atoms with Crippen LogP contribution in [0.15, 0.2) is 267 Å². The number of fused-ring (bicyclic) bond motifs is 4. The van der Waals surface area contributed by atoms with Gasteiger partial charge < -0.3 is 39.4 Å². The summed E-state index contributed by atoms with van der Waals surface area (Å²) in [4.78, 5) is 23.8. The van der Waals surface area contributed by atoms with Crippen molar-refractivity contribution >= 4 is 55.4 Å². The molecule has 4 N–H and O–H groups in total. The maximum Gasteiger partial charge on any atom is 0.519 e. The minimum absolute atomic E-state index is 0.203. The molecule has 0 bridgehead atoms. The molecule has 0 saturated heterocycles. The molecule has 12 aromatic carbocycles. The number of carbonyl (C=O) groups excluding carboxylic acids is 2. The Balaban J connectivity index is 0.000000140. The number of ether oxygens (including phenoxy) is 4. The number of rotatable bonds is 8. The lowest BCUT2D eigenvalue weighted by Gasteiger charge is -2.15. The summed E-state index contributed by atoms with van der Waals surface area (Å²) in [6.45, 7) is 0. The van der Waals surface area contributed by atoms with Crippen molar-refractivity contribution in [3.63, 3.8) is 0 Å².